The van der Waals surface area contributed by atoms with E-state index in [9.17, 15) is 0 Å². The highest BCUT2D eigenvalue weighted by Crippen LogP contribution is 2.38. The molecule has 1 saturated heterocycles. The smallest absolute Gasteiger partial charge is 0.146 e. The Morgan fingerprint density at radius 3 is 2.90 bits per heavy atom. The van der Waals surface area contributed by atoms with Gasteiger partial charge in [-0.05, 0) is 48.9 Å². The van der Waals surface area contributed by atoms with Crippen molar-refractivity contribution in [1.29, 1.82) is 0 Å². The van der Waals surface area contributed by atoms with Gasteiger partial charge in [-0.2, -0.15) is 0 Å². The molecule has 6 nitrogen and oxygen atoms in total. The third kappa shape index (κ3) is 4.15. The van der Waals surface area contributed by atoms with Gasteiger partial charge in [0, 0.05) is 24.5 Å². The monoisotopic (exact) mass is 424 g/mol. The maximum absolute atomic E-state index is 5.49. The van der Waals surface area contributed by atoms with Gasteiger partial charge in [-0.1, -0.05) is 12.1 Å². The minimum atomic E-state index is 0.713. The lowest BCUT2D eigenvalue weighted by molar-refractivity contribution is 0.0331. The van der Waals surface area contributed by atoms with Crippen molar-refractivity contribution in [2.24, 2.45) is 0 Å². The van der Waals surface area contributed by atoms with Crippen molar-refractivity contribution in [3.63, 3.8) is 0 Å². The average Bonchev–Trinajstić information content (AvgIpc) is 3.17. The number of rotatable bonds is 6. The van der Waals surface area contributed by atoms with Gasteiger partial charge in [0.05, 0.1) is 32.3 Å². The number of benzene rings is 1. The molecule has 1 aliphatic heterocycles. The Labute approximate surface area is 181 Å². The van der Waals surface area contributed by atoms with E-state index >= 15 is 0 Å². The van der Waals surface area contributed by atoms with E-state index in [2.05, 4.69) is 22.3 Å². The Bertz CT molecular complexity index is 1030. The van der Waals surface area contributed by atoms with Gasteiger partial charge < -0.3 is 14.8 Å². The van der Waals surface area contributed by atoms with Crippen molar-refractivity contribution in [1.82, 2.24) is 14.9 Å². The Morgan fingerprint density at radius 2 is 2.03 bits per heavy atom. The summed E-state index contributed by atoms with van der Waals surface area (Å²) in [6.07, 6.45) is 4.84. The molecule has 1 fully saturated rings. The zero-order valence-electron chi connectivity index (χ0n) is 17.4. The lowest BCUT2D eigenvalue weighted by atomic mass is 9.97. The SMILES string of the molecule is COc1cccc(CNc2nc(CN3CCOCC3)nc3sc4c(c23)CCCC4)c1. The summed E-state index contributed by atoms with van der Waals surface area (Å²) < 4.78 is 10.9. The predicted octanol–water partition coefficient (Wildman–Crippen LogP) is 4.02. The van der Waals surface area contributed by atoms with Crippen molar-refractivity contribution < 1.29 is 9.47 Å². The van der Waals surface area contributed by atoms with Crippen LogP contribution in [0.15, 0.2) is 24.3 Å². The Morgan fingerprint density at radius 1 is 1.17 bits per heavy atom. The summed E-state index contributed by atoms with van der Waals surface area (Å²) >= 11 is 1.86. The molecule has 0 bridgehead atoms. The first-order valence-corrected chi connectivity index (χ1v) is 11.6. The average molecular weight is 425 g/mol. The predicted molar refractivity (Wildman–Crippen MR) is 120 cm³/mol. The lowest BCUT2D eigenvalue weighted by Gasteiger charge is -2.25. The van der Waals surface area contributed by atoms with E-state index < -0.39 is 0 Å². The van der Waals surface area contributed by atoms with Gasteiger partial charge in [-0.25, -0.2) is 9.97 Å². The zero-order valence-corrected chi connectivity index (χ0v) is 18.3. The number of ether oxygens (including phenoxy) is 2. The van der Waals surface area contributed by atoms with Crippen LogP contribution in [0, 0.1) is 0 Å². The summed E-state index contributed by atoms with van der Waals surface area (Å²) in [6, 6.07) is 8.19. The van der Waals surface area contributed by atoms with Gasteiger partial charge in [-0.15, -0.1) is 11.3 Å². The molecule has 7 heteroatoms. The molecule has 0 atom stereocenters. The number of morpholine rings is 1. The molecule has 30 heavy (non-hydrogen) atoms. The molecule has 2 aromatic heterocycles. The van der Waals surface area contributed by atoms with E-state index in [1.54, 1.807) is 7.11 Å². The third-order valence-corrected chi connectivity index (χ3v) is 7.11. The summed E-state index contributed by atoms with van der Waals surface area (Å²) in [6.45, 7) is 4.94. The van der Waals surface area contributed by atoms with Crippen molar-refractivity contribution in [3.8, 4) is 5.75 Å². The summed E-state index contributed by atoms with van der Waals surface area (Å²) in [4.78, 5) is 15.0. The largest absolute Gasteiger partial charge is 0.497 e. The second kappa shape index (κ2) is 8.88. The summed E-state index contributed by atoms with van der Waals surface area (Å²) in [5.74, 6) is 2.75. The fourth-order valence-corrected chi connectivity index (χ4v) is 5.61. The topological polar surface area (TPSA) is 59.5 Å². The van der Waals surface area contributed by atoms with Gasteiger partial charge in [0.15, 0.2) is 0 Å². The molecular formula is C23H28N4O2S. The van der Waals surface area contributed by atoms with Crippen molar-refractivity contribution in [2.45, 2.75) is 38.8 Å². The molecule has 0 unspecified atom stereocenters. The van der Waals surface area contributed by atoms with Crippen molar-refractivity contribution >= 4 is 27.4 Å². The number of hydrogen-bond donors (Lipinski definition) is 1. The first-order valence-electron chi connectivity index (χ1n) is 10.8. The first-order chi connectivity index (χ1) is 14.8. The fourth-order valence-electron chi connectivity index (χ4n) is 4.33. The number of anilines is 1. The van der Waals surface area contributed by atoms with E-state index in [0.29, 0.717) is 6.54 Å². The number of nitrogens with one attached hydrogen (secondary N) is 1. The van der Waals surface area contributed by atoms with E-state index in [1.807, 2.05) is 23.5 Å². The second-order valence-electron chi connectivity index (χ2n) is 7.97. The van der Waals surface area contributed by atoms with Gasteiger partial charge in [0.2, 0.25) is 0 Å². The molecule has 5 rings (SSSR count). The number of nitrogens with zero attached hydrogens (tertiary/aromatic N) is 3. The molecule has 3 aromatic rings. The Kier molecular flexibility index (Phi) is 5.84. The van der Waals surface area contributed by atoms with E-state index in [1.165, 1.54) is 40.7 Å². The number of hydrogen-bond acceptors (Lipinski definition) is 7. The molecule has 0 radical (unpaired) electrons. The number of aromatic nitrogens is 2. The van der Waals surface area contributed by atoms with Crippen LogP contribution in [0.4, 0.5) is 5.82 Å². The van der Waals surface area contributed by atoms with Gasteiger partial charge in [0.1, 0.15) is 22.2 Å². The highest BCUT2D eigenvalue weighted by atomic mass is 32.1. The minimum absolute atomic E-state index is 0.713. The van der Waals surface area contributed by atoms with Crippen LogP contribution in [0.25, 0.3) is 10.2 Å². The van der Waals surface area contributed by atoms with Crippen LogP contribution in [-0.4, -0.2) is 48.3 Å². The van der Waals surface area contributed by atoms with Crippen LogP contribution < -0.4 is 10.1 Å². The molecule has 0 amide bonds. The fraction of sp³-hybridized carbons (Fsp3) is 0.478. The zero-order chi connectivity index (χ0) is 20.3. The summed E-state index contributed by atoms with van der Waals surface area (Å²) in [5.41, 5.74) is 2.65. The van der Waals surface area contributed by atoms with Gasteiger partial charge in [-0.3, -0.25) is 4.90 Å². The maximum Gasteiger partial charge on any atom is 0.146 e. The highest BCUT2D eigenvalue weighted by Gasteiger charge is 2.22. The van der Waals surface area contributed by atoms with Crippen LogP contribution >= 0.6 is 11.3 Å². The van der Waals surface area contributed by atoms with E-state index in [4.69, 9.17) is 19.4 Å². The third-order valence-electron chi connectivity index (χ3n) is 5.92. The Hall–Kier alpha value is -2.22. The van der Waals surface area contributed by atoms with Crippen molar-refractivity contribution in [2.75, 3.05) is 38.7 Å². The van der Waals surface area contributed by atoms with Crippen LogP contribution in [0.3, 0.4) is 0 Å². The lowest BCUT2D eigenvalue weighted by Crippen LogP contribution is -2.36. The van der Waals surface area contributed by atoms with Crippen molar-refractivity contribution in [3.05, 3.63) is 46.1 Å². The van der Waals surface area contributed by atoms with Gasteiger partial charge in [0.25, 0.3) is 0 Å². The summed E-state index contributed by atoms with van der Waals surface area (Å²) in [5, 5.41) is 4.87. The molecule has 0 saturated carbocycles. The van der Waals surface area contributed by atoms with Gasteiger partial charge >= 0.3 is 0 Å². The van der Waals surface area contributed by atoms with Crippen LogP contribution in [0.1, 0.15) is 34.7 Å². The first kappa shape index (κ1) is 19.7. The minimum Gasteiger partial charge on any atom is -0.497 e. The van der Waals surface area contributed by atoms with Crippen LogP contribution in [-0.2, 0) is 30.7 Å². The standard InChI is InChI=1S/C23H28N4O2S/c1-28-17-6-4-5-16(13-17)14-24-22-21-18-7-2-3-8-19(18)30-23(21)26-20(25-22)15-27-9-11-29-12-10-27/h4-6,13H,2-3,7-12,14-15H2,1H3,(H,24,25,26). The van der Waals surface area contributed by atoms with Crippen LogP contribution in [0.2, 0.25) is 0 Å². The summed E-state index contributed by atoms with van der Waals surface area (Å²) in [7, 11) is 1.70. The molecular weight excluding hydrogens is 396 g/mol. The second-order valence-corrected chi connectivity index (χ2v) is 9.06. The van der Waals surface area contributed by atoms with Crippen LogP contribution in [0.5, 0.6) is 5.75 Å². The Balaban J connectivity index is 1.47. The molecule has 1 aliphatic carbocycles. The number of methoxy groups -OCH3 is 1. The maximum atomic E-state index is 5.49. The molecule has 158 valence electrons. The normalized spacial score (nSPS) is 17.1. The van der Waals surface area contributed by atoms with E-state index in [-0.39, 0.29) is 0 Å². The van der Waals surface area contributed by atoms with E-state index in [0.717, 1.165) is 61.5 Å². The molecule has 3 heterocycles. The molecule has 1 aromatic carbocycles. The highest BCUT2D eigenvalue weighted by molar-refractivity contribution is 7.19. The number of thiophene rings is 1. The molecule has 1 N–H and O–H groups in total. The quantitative estimate of drug-likeness (QED) is 0.645. The number of aryl methyl sites for hydroxylation is 2. The molecule has 2 aliphatic rings. The number of fused-ring (bicyclic) bond motifs is 3. The molecule has 0 spiro atoms.